The predicted octanol–water partition coefficient (Wildman–Crippen LogP) is -2.02. The zero-order valence-electron chi connectivity index (χ0n) is 13.5. The first-order valence-corrected chi connectivity index (χ1v) is 7.49. The molecule has 0 fully saturated rings. The van der Waals surface area contributed by atoms with Gasteiger partial charge in [0.2, 0.25) is 0 Å². The summed E-state index contributed by atoms with van der Waals surface area (Å²) in [5.74, 6) is 0.953. The van der Waals surface area contributed by atoms with Gasteiger partial charge in [-0.15, -0.1) is 6.42 Å². The van der Waals surface area contributed by atoms with E-state index in [1.807, 2.05) is 18.2 Å². The summed E-state index contributed by atoms with van der Waals surface area (Å²) in [4.78, 5) is 3.25. The SMILES string of the molecule is COc1cc(O)cc(C(C)(C)C)c1.[C-]1=CC=CC1.[CH2]=[Ti+].[Cl-].[Cl-]. The van der Waals surface area contributed by atoms with Gasteiger partial charge in [-0.05, 0) is 23.1 Å². The number of halogens is 2. The van der Waals surface area contributed by atoms with E-state index < -0.39 is 0 Å². The number of allylic oxidation sites excluding steroid dienone is 4. The van der Waals surface area contributed by atoms with Crippen LogP contribution in [0, 0.1) is 6.08 Å². The van der Waals surface area contributed by atoms with Gasteiger partial charge < -0.3 is 34.7 Å². The van der Waals surface area contributed by atoms with Gasteiger partial charge in [0, 0.05) is 6.07 Å². The van der Waals surface area contributed by atoms with Crippen molar-refractivity contribution < 1.29 is 54.6 Å². The average Bonchev–Trinajstić information content (AvgIpc) is 2.98. The summed E-state index contributed by atoms with van der Waals surface area (Å²) in [6.45, 7) is 6.30. The summed E-state index contributed by atoms with van der Waals surface area (Å²) < 4.78 is 5.07. The second kappa shape index (κ2) is 14.1. The summed E-state index contributed by atoms with van der Waals surface area (Å²) in [5.41, 5.74) is 1.11. The average molecular weight is 378 g/mol. The number of benzene rings is 1. The fourth-order valence-electron chi connectivity index (χ4n) is 1.47. The number of aromatic hydroxyl groups is 1. The van der Waals surface area contributed by atoms with Crippen LogP contribution in [0.1, 0.15) is 32.8 Å². The van der Waals surface area contributed by atoms with Crippen molar-refractivity contribution in [2.75, 3.05) is 7.11 Å². The Kier molecular flexibility index (Phi) is 16.9. The van der Waals surface area contributed by atoms with Gasteiger partial charge in [0.1, 0.15) is 11.5 Å². The number of phenolic OH excluding ortho intramolecular Hbond substituents is 1. The number of rotatable bonds is 1. The molecular formula is C17H23Cl2O2Ti-2. The normalized spacial score (nSPS) is 11.0. The van der Waals surface area contributed by atoms with E-state index in [1.54, 1.807) is 39.2 Å². The molecule has 2 rings (SSSR count). The zero-order valence-corrected chi connectivity index (χ0v) is 16.6. The molecule has 22 heavy (non-hydrogen) atoms. The van der Waals surface area contributed by atoms with Crippen molar-refractivity contribution in [1.82, 2.24) is 0 Å². The number of hydrogen-bond acceptors (Lipinski definition) is 2. The molecule has 2 nitrogen and oxygen atoms in total. The largest absolute Gasteiger partial charge is 1.00 e. The molecule has 5 heteroatoms. The van der Waals surface area contributed by atoms with Gasteiger partial charge in [0.25, 0.3) is 0 Å². The molecule has 0 heterocycles. The Hall–Kier alpha value is -0.536. The smallest absolute Gasteiger partial charge is 1.00 e. The first-order valence-electron chi connectivity index (χ1n) is 6.39. The Labute approximate surface area is 158 Å². The molecule has 0 unspecified atom stereocenters. The quantitative estimate of drug-likeness (QED) is 0.452. The third-order valence-corrected chi connectivity index (χ3v) is 2.58. The fourth-order valence-corrected chi connectivity index (χ4v) is 1.47. The second-order valence-electron chi connectivity index (χ2n) is 5.17. The summed E-state index contributed by atoms with van der Waals surface area (Å²) in [6, 6.07) is 5.32. The van der Waals surface area contributed by atoms with Gasteiger partial charge in [-0.2, -0.15) is 6.08 Å². The Morgan fingerprint density at radius 3 is 2.09 bits per heavy atom. The van der Waals surface area contributed by atoms with Crippen molar-refractivity contribution in [2.45, 2.75) is 32.6 Å². The number of methoxy groups -OCH3 is 1. The van der Waals surface area contributed by atoms with E-state index in [0.29, 0.717) is 5.75 Å². The molecule has 0 saturated carbocycles. The molecule has 0 atom stereocenters. The summed E-state index contributed by atoms with van der Waals surface area (Å²) >= 11 is 1.75. The molecule has 1 aliphatic carbocycles. The molecule has 0 radical (unpaired) electrons. The summed E-state index contributed by atoms with van der Waals surface area (Å²) in [7, 11) is 1.60. The fraction of sp³-hybridized carbons (Fsp3) is 0.353. The Balaban J connectivity index is -0.000000340. The standard InChI is InChI=1S/C11H16O2.C5H5.CH2.2ClH.Ti/c1-11(2,3)8-5-9(12)7-10(6-8)13-4;1-2-4-5-3-1;;;;/h5-7,12H,1-4H3;1-3H,4H2;1H2;2*1H;/q;-1;;;;+1/p-2. The second-order valence-corrected chi connectivity index (χ2v) is 5.17. The Morgan fingerprint density at radius 2 is 1.77 bits per heavy atom. The molecular weight excluding hydrogens is 355 g/mol. The predicted molar refractivity (Wildman–Crippen MR) is 82.0 cm³/mol. The van der Waals surface area contributed by atoms with Crippen LogP contribution in [0.3, 0.4) is 0 Å². The van der Waals surface area contributed by atoms with Crippen LogP contribution >= 0.6 is 0 Å². The van der Waals surface area contributed by atoms with Crippen molar-refractivity contribution in [3.8, 4) is 11.5 Å². The summed E-state index contributed by atoms with van der Waals surface area (Å²) in [5, 5.41) is 9.41. The molecule has 0 bridgehead atoms. The zero-order chi connectivity index (χ0) is 15.6. The number of phenols is 1. The maximum atomic E-state index is 9.41. The Bertz CT molecular complexity index is 456. The molecule has 0 amide bonds. The van der Waals surface area contributed by atoms with Crippen molar-refractivity contribution >= 4 is 4.82 Å². The summed E-state index contributed by atoms with van der Waals surface area (Å²) in [6.07, 6.45) is 10.0. The minimum absolute atomic E-state index is 0. The van der Waals surface area contributed by atoms with Crippen molar-refractivity contribution in [3.63, 3.8) is 0 Å². The maximum Gasteiger partial charge on any atom is -1.00 e. The monoisotopic (exact) mass is 377 g/mol. The third-order valence-electron chi connectivity index (χ3n) is 2.58. The molecule has 123 valence electrons. The van der Waals surface area contributed by atoms with Gasteiger partial charge >= 0.3 is 24.8 Å². The van der Waals surface area contributed by atoms with Crippen LogP contribution in [-0.4, -0.2) is 17.0 Å². The minimum Gasteiger partial charge on any atom is -1.00 e. The van der Waals surface area contributed by atoms with Crippen LogP contribution in [0.4, 0.5) is 0 Å². The van der Waals surface area contributed by atoms with Gasteiger partial charge in [-0.25, -0.2) is 12.2 Å². The molecule has 0 aromatic heterocycles. The first-order chi connectivity index (χ1) is 9.43. The maximum absolute atomic E-state index is 9.41. The van der Waals surface area contributed by atoms with Crippen LogP contribution in [0.5, 0.6) is 11.5 Å². The topological polar surface area (TPSA) is 29.5 Å². The van der Waals surface area contributed by atoms with Gasteiger partial charge in [-0.3, -0.25) is 6.08 Å². The third kappa shape index (κ3) is 11.1. The van der Waals surface area contributed by atoms with E-state index in [2.05, 4.69) is 37.7 Å². The first kappa shape index (κ1) is 26.4. The van der Waals surface area contributed by atoms with Crippen molar-refractivity contribution in [2.24, 2.45) is 0 Å². The van der Waals surface area contributed by atoms with Crippen LogP contribution in [0.15, 0.2) is 36.4 Å². The molecule has 0 saturated heterocycles. The molecule has 1 aromatic carbocycles. The number of hydrogen-bond donors (Lipinski definition) is 1. The van der Waals surface area contributed by atoms with E-state index in [-0.39, 0.29) is 36.0 Å². The van der Waals surface area contributed by atoms with Crippen molar-refractivity contribution in [3.05, 3.63) is 48.1 Å². The minimum atomic E-state index is 0. The van der Waals surface area contributed by atoms with Crippen LogP contribution < -0.4 is 29.6 Å². The molecule has 0 aliphatic heterocycles. The molecule has 1 N–H and O–H groups in total. The van der Waals surface area contributed by atoms with E-state index in [4.69, 9.17) is 4.74 Å². The number of ether oxygens (including phenoxy) is 1. The van der Waals surface area contributed by atoms with E-state index in [9.17, 15) is 5.11 Å². The molecule has 1 aliphatic rings. The van der Waals surface area contributed by atoms with Gasteiger partial charge in [-0.1, -0.05) is 20.8 Å². The van der Waals surface area contributed by atoms with Crippen LogP contribution in [0.2, 0.25) is 0 Å². The van der Waals surface area contributed by atoms with Gasteiger partial charge in [0.15, 0.2) is 0 Å². The van der Waals surface area contributed by atoms with Crippen molar-refractivity contribution in [1.29, 1.82) is 0 Å². The molecule has 1 aromatic rings. The molecule has 0 spiro atoms. The Morgan fingerprint density at radius 1 is 1.18 bits per heavy atom. The van der Waals surface area contributed by atoms with Crippen LogP contribution in [0.25, 0.3) is 0 Å². The van der Waals surface area contributed by atoms with Crippen LogP contribution in [-0.2, 0) is 25.4 Å². The van der Waals surface area contributed by atoms with E-state index in [1.165, 1.54) is 0 Å². The van der Waals surface area contributed by atoms with Gasteiger partial charge in [0.05, 0.1) is 7.11 Å². The van der Waals surface area contributed by atoms with E-state index in [0.717, 1.165) is 12.0 Å². The van der Waals surface area contributed by atoms with E-state index >= 15 is 0 Å².